The molecule has 0 aliphatic heterocycles. The summed E-state index contributed by atoms with van der Waals surface area (Å²) in [5.41, 5.74) is 4.01. The number of hydrogen-bond donors (Lipinski definition) is 2. The number of anilines is 3. The maximum Gasteiger partial charge on any atom is 0.234 e. The van der Waals surface area contributed by atoms with Gasteiger partial charge in [0.2, 0.25) is 11.0 Å². The van der Waals surface area contributed by atoms with Crippen molar-refractivity contribution < 1.29 is 4.79 Å². The van der Waals surface area contributed by atoms with Gasteiger partial charge >= 0.3 is 0 Å². The number of hydrogen-bond acceptors (Lipinski definition) is 6. The van der Waals surface area contributed by atoms with Crippen LogP contribution in [0.2, 0.25) is 10.0 Å². The van der Waals surface area contributed by atoms with Gasteiger partial charge in [0.05, 0.1) is 15.8 Å². The molecule has 140 valence electrons. The van der Waals surface area contributed by atoms with Crippen molar-refractivity contribution in [2.75, 3.05) is 16.4 Å². The molecule has 3 rings (SSSR count). The summed E-state index contributed by atoms with van der Waals surface area (Å²) in [6, 6.07) is 11.1. The first-order chi connectivity index (χ1) is 12.9. The molecule has 1 heterocycles. The van der Waals surface area contributed by atoms with Crippen molar-refractivity contribution in [2.24, 2.45) is 0 Å². The average Bonchev–Trinajstić information content (AvgIpc) is 3.07. The average molecular weight is 439 g/mol. The van der Waals surface area contributed by atoms with Crippen molar-refractivity contribution in [3.05, 3.63) is 57.6 Å². The summed E-state index contributed by atoms with van der Waals surface area (Å²) in [5, 5.41) is 15.8. The van der Waals surface area contributed by atoms with Gasteiger partial charge in [-0.2, -0.15) is 0 Å². The minimum Gasteiger partial charge on any atom is -0.330 e. The molecule has 0 atom stereocenters. The summed E-state index contributed by atoms with van der Waals surface area (Å²) < 4.78 is 0.714. The molecule has 1 amide bonds. The number of nitrogens with zero attached hydrogens (tertiary/aromatic N) is 2. The Morgan fingerprint density at radius 3 is 2.56 bits per heavy atom. The van der Waals surface area contributed by atoms with Gasteiger partial charge in [0, 0.05) is 11.4 Å². The Morgan fingerprint density at radius 1 is 1.04 bits per heavy atom. The molecule has 0 aliphatic rings. The van der Waals surface area contributed by atoms with Gasteiger partial charge in [-0.25, -0.2) is 0 Å². The van der Waals surface area contributed by atoms with E-state index in [1.165, 1.54) is 34.2 Å². The lowest BCUT2D eigenvalue weighted by Gasteiger charge is -2.05. The number of halogens is 2. The van der Waals surface area contributed by atoms with Crippen LogP contribution in [0.25, 0.3) is 0 Å². The Balaban J connectivity index is 1.53. The largest absolute Gasteiger partial charge is 0.330 e. The quantitative estimate of drug-likeness (QED) is 0.466. The van der Waals surface area contributed by atoms with E-state index in [4.69, 9.17) is 23.2 Å². The summed E-state index contributed by atoms with van der Waals surface area (Å²) in [4.78, 5) is 12.1. The molecule has 0 bridgehead atoms. The number of aromatic nitrogens is 2. The zero-order chi connectivity index (χ0) is 19.4. The number of nitrogens with one attached hydrogen (secondary N) is 2. The van der Waals surface area contributed by atoms with Crippen LogP contribution in [-0.4, -0.2) is 21.9 Å². The van der Waals surface area contributed by atoms with E-state index in [0.717, 1.165) is 5.69 Å². The van der Waals surface area contributed by atoms with Gasteiger partial charge in [0.25, 0.3) is 0 Å². The molecule has 0 fully saturated rings. The highest BCUT2D eigenvalue weighted by Gasteiger charge is 2.10. The molecule has 0 unspecified atom stereocenters. The normalized spacial score (nSPS) is 10.7. The van der Waals surface area contributed by atoms with E-state index in [1.54, 1.807) is 18.2 Å². The summed E-state index contributed by atoms with van der Waals surface area (Å²) in [7, 11) is 0. The van der Waals surface area contributed by atoms with Crippen LogP contribution in [0.1, 0.15) is 11.1 Å². The molecule has 0 spiro atoms. The summed E-state index contributed by atoms with van der Waals surface area (Å²) >= 11 is 14.5. The molecule has 2 N–H and O–H groups in total. The van der Waals surface area contributed by atoms with Gasteiger partial charge in [0.15, 0.2) is 4.34 Å². The van der Waals surface area contributed by atoms with Crippen LogP contribution >= 0.6 is 46.3 Å². The second kappa shape index (κ2) is 8.93. The number of amides is 1. The summed E-state index contributed by atoms with van der Waals surface area (Å²) in [6.45, 7) is 4.14. The molecular weight excluding hydrogens is 423 g/mol. The molecule has 0 aliphatic carbocycles. The zero-order valence-electron chi connectivity index (χ0n) is 14.5. The topological polar surface area (TPSA) is 66.9 Å². The first-order valence-electron chi connectivity index (χ1n) is 7.96. The molecular formula is C18H16Cl2N4OS2. The van der Waals surface area contributed by atoms with Crippen molar-refractivity contribution >= 4 is 68.7 Å². The molecule has 2 aromatic carbocycles. The predicted molar refractivity (Wildman–Crippen MR) is 115 cm³/mol. The zero-order valence-corrected chi connectivity index (χ0v) is 17.7. The van der Waals surface area contributed by atoms with Crippen LogP contribution in [0.5, 0.6) is 0 Å². The van der Waals surface area contributed by atoms with Gasteiger partial charge < -0.3 is 10.6 Å². The van der Waals surface area contributed by atoms with E-state index < -0.39 is 0 Å². The Bertz CT molecular complexity index is 978. The van der Waals surface area contributed by atoms with Gasteiger partial charge in [-0.05, 0) is 55.3 Å². The molecule has 0 saturated carbocycles. The Hall–Kier alpha value is -1.80. The molecule has 9 heteroatoms. The van der Waals surface area contributed by atoms with E-state index in [1.807, 2.05) is 6.07 Å². The second-order valence-electron chi connectivity index (χ2n) is 5.76. The van der Waals surface area contributed by atoms with Crippen LogP contribution in [-0.2, 0) is 4.79 Å². The molecule has 3 aromatic rings. The lowest BCUT2D eigenvalue weighted by Crippen LogP contribution is -2.13. The van der Waals surface area contributed by atoms with Crippen LogP contribution in [0.15, 0.2) is 40.7 Å². The fraction of sp³-hybridized carbons (Fsp3) is 0.167. The Morgan fingerprint density at radius 2 is 1.81 bits per heavy atom. The maximum atomic E-state index is 12.1. The van der Waals surface area contributed by atoms with Crippen molar-refractivity contribution in [1.29, 1.82) is 0 Å². The number of benzene rings is 2. The van der Waals surface area contributed by atoms with E-state index in [2.05, 4.69) is 46.8 Å². The first kappa shape index (κ1) is 19.9. The summed E-state index contributed by atoms with van der Waals surface area (Å²) in [6.07, 6.45) is 0. The van der Waals surface area contributed by atoms with E-state index in [-0.39, 0.29) is 11.7 Å². The maximum absolute atomic E-state index is 12.1. The Kier molecular flexibility index (Phi) is 6.59. The SMILES string of the molecule is Cc1ccc(Nc2nnc(SCC(=O)Nc3ccc(Cl)c(Cl)c3)s2)cc1C. The number of aryl methyl sites for hydroxylation is 2. The van der Waals surface area contributed by atoms with Crippen molar-refractivity contribution in [2.45, 2.75) is 18.2 Å². The lowest BCUT2D eigenvalue weighted by atomic mass is 10.1. The Labute approximate surface area is 175 Å². The van der Waals surface area contributed by atoms with Crippen LogP contribution < -0.4 is 10.6 Å². The fourth-order valence-electron chi connectivity index (χ4n) is 2.16. The third-order valence-electron chi connectivity index (χ3n) is 3.69. The smallest absolute Gasteiger partial charge is 0.234 e. The minimum atomic E-state index is -0.155. The highest BCUT2D eigenvalue weighted by molar-refractivity contribution is 8.01. The van der Waals surface area contributed by atoms with Gasteiger partial charge in [-0.3, -0.25) is 4.79 Å². The number of carbonyl (C=O) groups is 1. The fourth-order valence-corrected chi connectivity index (χ4v) is 4.03. The number of rotatable bonds is 6. The van der Waals surface area contributed by atoms with Crippen LogP contribution in [0.3, 0.4) is 0 Å². The van der Waals surface area contributed by atoms with Crippen LogP contribution in [0, 0.1) is 13.8 Å². The van der Waals surface area contributed by atoms with Crippen LogP contribution in [0.4, 0.5) is 16.5 Å². The summed E-state index contributed by atoms with van der Waals surface area (Å²) in [5.74, 6) is 0.0654. The number of thioether (sulfide) groups is 1. The van der Waals surface area contributed by atoms with E-state index in [9.17, 15) is 4.79 Å². The molecule has 27 heavy (non-hydrogen) atoms. The number of carbonyl (C=O) groups excluding carboxylic acids is 1. The second-order valence-corrected chi connectivity index (χ2v) is 8.78. The van der Waals surface area contributed by atoms with Gasteiger partial charge in [-0.1, -0.05) is 52.4 Å². The van der Waals surface area contributed by atoms with E-state index >= 15 is 0 Å². The monoisotopic (exact) mass is 438 g/mol. The standard InChI is InChI=1S/C18H16Cl2N4OS2/c1-10-3-4-12(7-11(10)2)22-17-23-24-18(27-17)26-9-16(25)21-13-5-6-14(19)15(20)8-13/h3-8H,9H2,1-2H3,(H,21,25)(H,22,23). The van der Waals surface area contributed by atoms with E-state index in [0.29, 0.717) is 25.2 Å². The predicted octanol–water partition coefficient (Wildman–Crippen LogP) is 5.94. The molecule has 1 aromatic heterocycles. The lowest BCUT2D eigenvalue weighted by molar-refractivity contribution is -0.113. The molecule has 0 radical (unpaired) electrons. The molecule has 0 saturated heterocycles. The highest BCUT2D eigenvalue weighted by atomic mass is 35.5. The van der Waals surface area contributed by atoms with Crippen molar-refractivity contribution in [1.82, 2.24) is 10.2 Å². The third-order valence-corrected chi connectivity index (χ3v) is 6.41. The molecule has 5 nitrogen and oxygen atoms in total. The first-order valence-corrected chi connectivity index (χ1v) is 10.5. The highest BCUT2D eigenvalue weighted by Crippen LogP contribution is 2.29. The van der Waals surface area contributed by atoms with Gasteiger partial charge in [0.1, 0.15) is 0 Å². The van der Waals surface area contributed by atoms with Gasteiger partial charge in [-0.15, -0.1) is 10.2 Å². The minimum absolute atomic E-state index is 0.155. The third kappa shape index (κ3) is 5.59. The van der Waals surface area contributed by atoms with Crippen molar-refractivity contribution in [3.8, 4) is 0 Å². The van der Waals surface area contributed by atoms with Crippen molar-refractivity contribution in [3.63, 3.8) is 0 Å².